The minimum Gasteiger partial charge on any atom is -0.173 e. The standard InChI is InChI=1S/C9H14F2/c1-9(2,3)7-5-4-6-8(10)11/h4-6H,7H2,1-3H3/b5-4+. The fourth-order valence-corrected chi connectivity index (χ4v) is 0.562. The van der Waals surface area contributed by atoms with Gasteiger partial charge in [0.1, 0.15) is 0 Å². The first-order valence-electron chi connectivity index (χ1n) is 3.60. The van der Waals surface area contributed by atoms with Crippen molar-refractivity contribution in [1.82, 2.24) is 0 Å². The lowest BCUT2D eigenvalue weighted by atomic mass is 9.92. The van der Waals surface area contributed by atoms with Crippen LogP contribution in [0.25, 0.3) is 0 Å². The second-order valence-electron chi connectivity index (χ2n) is 3.65. The predicted molar refractivity (Wildman–Crippen MR) is 43.5 cm³/mol. The first kappa shape index (κ1) is 10.3. The van der Waals surface area contributed by atoms with Crippen LogP contribution in [-0.4, -0.2) is 0 Å². The molecule has 0 spiro atoms. The molecule has 0 aliphatic heterocycles. The van der Waals surface area contributed by atoms with Crippen molar-refractivity contribution in [2.75, 3.05) is 0 Å². The third-order valence-electron chi connectivity index (χ3n) is 1.09. The van der Waals surface area contributed by atoms with Crippen molar-refractivity contribution >= 4 is 0 Å². The topological polar surface area (TPSA) is 0 Å². The van der Waals surface area contributed by atoms with Crippen LogP contribution in [0.1, 0.15) is 27.2 Å². The molecule has 0 N–H and O–H groups in total. The summed E-state index contributed by atoms with van der Waals surface area (Å²) < 4.78 is 22.9. The zero-order valence-corrected chi connectivity index (χ0v) is 7.20. The third kappa shape index (κ3) is 9.34. The van der Waals surface area contributed by atoms with E-state index in [0.29, 0.717) is 0 Å². The summed E-state index contributed by atoms with van der Waals surface area (Å²) in [6.07, 6.45) is 3.12. The number of hydrogen-bond donors (Lipinski definition) is 0. The monoisotopic (exact) mass is 160 g/mol. The highest BCUT2D eigenvalue weighted by atomic mass is 19.3. The zero-order valence-electron chi connectivity index (χ0n) is 7.20. The van der Waals surface area contributed by atoms with Crippen molar-refractivity contribution in [1.29, 1.82) is 0 Å². The smallest absolute Gasteiger partial charge is 0.173 e. The van der Waals surface area contributed by atoms with Gasteiger partial charge in [0.2, 0.25) is 0 Å². The van der Waals surface area contributed by atoms with Crippen molar-refractivity contribution < 1.29 is 8.78 Å². The van der Waals surface area contributed by atoms with E-state index in [0.717, 1.165) is 12.5 Å². The molecule has 0 nitrogen and oxygen atoms in total. The van der Waals surface area contributed by atoms with Crippen molar-refractivity contribution in [2.45, 2.75) is 27.2 Å². The van der Waals surface area contributed by atoms with Crippen LogP contribution < -0.4 is 0 Å². The van der Waals surface area contributed by atoms with Gasteiger partial charge in [0, 0.05) is 6.08 Å². The molecule has 0 saturated carbocycles. The summed E-state index contributed by atoms with van der Waals surface area (Å²) >= 11 is 0. The van der Waals surface area contributed by atoms with Gasteiger partial charge >= 0.3 is 0 Å². The lowest BCUT2D eigenvalue weighted by Crippen LogP contribution is -2.01. The summed E-state index contributed by atoms with van der Waals surface area (Å²) in [5.74, 6) is 0. The van der Waals surface area contributed by atoms with Crippen LogP contribution in [-0.2, 0) is 0 Å². The average Bonchev–Trinajstić information content (AvgIpc) is 1.78. The fourth-order valence-electron chi connectivity index (χ4n) is 0.562. The van der Waals surface area contributed by atoms with Gasteiger partial charge < -0.3 is 0 Å². The lowest BCUT2D eigenvalue weighted by molar-refractivity contribution is 0.417. The first-order chi connectivity index (χ1) is 4.92. The second-order valence-corrected chi connectivity index (χ2v) is 3.65. The Morgan fingerprint density at radius 2 is 1.82 bits per heavy atom. The Hall–Kier alpha value is -0.660. The fraction of sp³-hybridized carbons (Fsp3) is 0.556. The van der Waals surface area contributed by atoms with Crippen LogP contribution >= 0.6 is 0 Å². The molecule has 2 heteroatoms. The molecule has 0 aromatic heterocycles. The van der Waals surface area contributed by atoms with E-state index in [1.807, 2.05) is 0 Å². The highest BCUT2D eigenvalue weighted by Gasteiger charge is 2.05. The van der Waals surface area contributed by atoms with Crippen LogP contribution in [0, 0.1) is 5.41 Å². The molecule has 0 heterocycles. The predicted octanol–water partition coefficient (Wildman–Crippen LogP) is 3.76. The number of halogens is 2. The molecule has 11 heavy (non-hydrogen) atoms. The van der Waals surface area contributed by atoms with E-state index < -0.39 is 6.08 Å². The molecule has 64 valence electrons. The quantitative estimate of drug-likeness (QED) is 0.539. The normalized spacial score (nSPS) is 12.1. The Labute approximate surface area is 66.6 Å². The summed E-state index contributed by atoms with van der Waals surface area (Å²) in [7, 11) is 0. The molecule has 0 bridgehead atoms. The van der Waals surface area contributed by atoms with E-state index >= 15 is 0 Å². The Kier molecular flexibility index (Phi) is 4.01. The molecule has 0 aliphatic carbocycles. The summed E-state index contributed by atoms with van der Waals surface area (Å²) in [6.45, 7) is 6.19. The van der Waals surface area contributed by atoms with E-state index in [2.05, 4.69) is 20.8 Å². The van der Waals surface area contributed by atoms with Crippen LogP contribution in [0.2, 0.25) is 0 Å². The van der Waals surface area contributed by atoms with Crippen molar-refractivity contribution in [2.24, 2.45) is 5.41 Å². The molecule has 0 unspecified atom stereocenters. The molecule has 0 rings (SSSR count). The Morgan fingerprint density at radius 1 is 1.27 bits per heavy atom. The number of rotatable bonds is 2. The number of hydrogen-bond acceptors (Lipinski definition) is 0. The van der Waals surface area contributed by atoms with Gasteiger partial charge in [-0.3, -0.25) is 0 Å². The van der Waals surface area contributed by atoms with Crippen LogP contribution in [0.5, 0.6) is 0 Å². The lowest BCUT2D eigenvalue weighted by Gasteiger charge is -2.13. The molecule has 0 radical (unpaired) electrons. The molecule has 0 aliphatic rings. The molecule has 0 saturated heterocycles. The molecule has 0 fully saturated rings. The summed E-state index contributed by atoms with van der Waals surface area (Å²) in [6, 6.07) is 0. The van der Waals surface area contributed by atoms with E-state index in [9.17, 15) is 8.78 Å². The van der Waals surface area contributed by atoms with Gasteiger partial charge in [-0.1, -0.05) is 32.9 Å². The van der Waals surface area contributed by atoms with Crippen molar-refractivity contribution in [3.05, 3.63) is 24.3 Å². The van der Waals surface area contributed by atoms with Crippen LogP contribution in [0.3, 0.4) is 0 Å². The molecular weight excluding hydrogens is 146 g/mol. The van der Waals surface area contributed by atoms with Gasteiger partial charge in [0.25, 0.3) is 6.08 Å². The van der Waals surface area contributed by atoms with E-state index in [-0.39, 0.29) is 5.41 Å². The SMILES string of the molecule is CC(C)(C)C/C=C/C=C(F)F. The molecular formula is C9H14F2. The highest BCUT2D eigenvalue weighted by molar-refractivity contribution is 5.03. The first-order valence-corrected chi connectivity index (χ1v) is 3.60. The van der Waals surface area contributed by atoms with Gasteiger partial charge in [-0.05, 0) is 11.8 Å². The van der Waals surface area contributed by atoms with Gasteiger partial charge in [-0.15, -0.1) is 0 Å². The zero-order chi connectivity index (χ0) is 8.91. The molecule has 0 aromatic rings. The van der Waals surface area contributed by atoms with E-state index in [1.54, 1.807) is 6.08 Å². The Morgan fingerprint density at radius 3 is 2.18 bits per heavy atom. The summed E-state index contributed by atoms with van der Waals surface area (Å²) in [4.78, 5) is 0. The van der Waals surface area contributed by atoms with E-state index in [1.165, 1.54) is 6.08 Å². The minimum atomic E-state index is -1.64. The maximum absolute atomic E-state index is 11.5. The Bertz CT molecular complexity index is 157. The summed E-state index contributed by atoms with van der Waals surface area (Å²) in [5, 5.41) is 0. The maximum atomic E-state index is 11.5. The summed E-state index contributed by atoms with van der Waals surface area (Å²) in [5.41, 5.74) is 0.178. The van der Waals surface area contributed by atoms with Crippen LogP contribution in [0.4, 0.5) is 8.78 Å². The van der Waals surface area contributed by atoms with Gasteiger partial charge in [-0.25, -0.2) is 0 Å². The third-order valence-corrected chi connectivity index (χ3v) is 1.09. The van der Waals surface area contributed by atoms with Crippen LogP contribution in [0.15, 0.2) is 24.3 Å². The van der Waals surface area contributed by atoms with Crippen molar-refractivity contribution in [3.8, 4) is 0 Å². The van der Waals surface area contributed by atoms with Crippen molar-refractivity contribution in [3.63, 3.8) is 0 Å². The Balaban J connectivity index is 3.71. The molecule has 0 amide bonds. The van der Waals surface area contributed by atoms with E-state index in [4.69, 9.17) is 0 Å². The highest BCUT2D eigenvalue weighted by Crippen LogP contribution is 2.18. The second kappa shape index (κ2) is 4.27. The largest absolute Gasteiger partial charge is 0.270 e. The molecule has 0 aromatic carbocycles. The number of allylic oxidation sites excluding steroid dienone is 3. The molecule has 0 atom stereocenters. The van der Waals surface area contributed by atoms with Gasteiger partial charge in [0.15, 0.2) is 0 Å². The van der Waals surface area contributed by atoms with Gasteiger partial charge in [0.05, 0.1) is 0 Å². The average molecular weight is 160 g/mol. The van der Waals surface area contributed by atoms with Gasteiger partial charge in [-0.2, -0.15) is 8.78 Å². The minimum absolute atomic E-state index is 0.178. The maximum Gasteiger partial charge on any atom is 0.270 e.